The highest BCUT2D eigenvalue weighted by Crippen LogP contribution is 2.17. The van der Waals surface area contributed by atoms with Crippen LogP contribution in [0.4, 0.5) is 4.39 Å². The van der Waals surface area contributed by atoms with Gasteiger partial charge in [-0.3, -0.25) is 9.69 Å². The summed E-state index contributed by atoms with van der Waals surface area (Å²) in [4.78, 5) is 16.5. The van der Waals surface area contributed by atoms with Crippen molar-refractivity contribution in [2.24, 2.45) is 0 Å². The van der Waals surface area contributed by atoms with Crippen LogP contribution < -0.4 is 5.32 Å². The lowest BCUT2D eigenvalue weighted by molar-refractivity contribution is -0.138. The molecule has 2 aliphatic rings. The molecule has 1 N–H and O–H groups in total. The van der Waals surface area contributed by atoms with Crippen molar-refractivity contribution in [1.29, 1.82) is 0 Å². The van der Waals surface area contributed by atoms with E-state index in [0.717, 1.165) is 44.8 Å². The molecule has 0 bridgehead atoms. The molecule has 5 heteroatoms. The van der Waals surface area contributed by atoms with Gasteiger partial charge in [0.25, 0.3) is 0 Å². The molecule has 0 radical (unpaired) electrons. The average molecular weight is 277 g/mol. The first-order valence-corrected chi connectivity index (χ1v) is 7.19. The molecule has 1 amide bonds. The molecule has 2 fully saturated rings. The number of halogens is 1. The Kier molecular flexibility index (Phi) is 3.98. The van der Waals surface area contributed by atoms with Gasteiger partial charge in [0.2, 0.25) is 5.91 Å². The normalized spacial score (nSPS) is 20.8. The van der Waals surface area contributed by atoms with Crippen LogP contribution in [0.1, 0.15) is 5.56 Å². The molecular weight excluding hydrogens is 257 g/mol. The summed E-state index contributed by atoms with van der Waals surface area (Å²) in [6.45, 7) is 5.90. The van der Waals surface area contributed by atoms with Crippen LogP contribution in [0.2, 0.25) is 0 Å². The zero-order valence-corrected chi connectivity index (χ0v) is 11.5. The minimum Gasteiger partial charge on any atom is -0.339 e. The Labute approximate surface area is 118 Å². The molecule has 3 rings (SSSR count). The molecule has 0 aliphatic carbocycles. The molecule has 20 heavy (non-hydrogen) atoms. The third-order valence-corrected chi connectivity index (χ3v) is 4.15. The number of carbonyl (C=O) groups excluding carboxylic acids is 1. The van der Waals surface area contributed by atoms with Crippen molar-refractivity contribution >= 4 is 5.91 Å². The fourth-order valence-corrected chi connectivity index (χ4v) is 2.83. The second-order valence-electron chi connectivity index (χ2n) is 5.54. The highest BCUT2D eigenvalue weighted by molar-refractivity contribution is 5.79. The first-order valence-electron chi connectivity index (χ1n) is 7.19. The van der Waals surface area contributed by atoms with E-state index in [1.807, 2.05) is 4.90 Å². The van der Waals surface area contributed by atoms with E-state index in [4.69, 9.17) is 0 Å². The topological polar surface area (TPSA) is 35.6 Å². The van der Waals surface area contributed by atoms with Gasteiger partial charge in [-0.1, -0.05) is 12.1 Å². The quantitative estimate of drug-likeness (QED) is 0.873. The summed E-state index contributed by atoms with van der Waals surface area (Å²) in [5, 5.41) is 3.34. The van der Waals surface area contributed by atoms with Crippen LogP contribution >= 0.6 is 0 Å². The van der Waals surface area contributed by atoms with Gasteiger partial charge < -0.3 is 10.2 Å². The van der Waals surface area contributed by atoms with Crippen molar-refractivity contribution in [3.8, 4) is 0 Å². The zero-order chi connectivity index (χ0) is 13.9. The van der Waals surface area contributed by atoms with Crippen molar-refractivity contribution < 1.29 is 9.18 Å². The Hall–Kier alpha value is -1.46. The highest BCUT2D eigenvalue weighted by Gasteiger charge is 2.34. The number of amides is 1. The maximum absolute atomic E-state index is 12.8. The lowest BCUT2D eigenvalue weighted by Gasteiger charge is -2.46. The van der Waals surface area contributed by atoms with Gasteiger partial charge in [0.05, 0.1) is 6.42 Å². The van der Waals surface area contributed by atoms with E-state index < -0.39 is 0 Å². The van der Waals surface area contributed by atoms with E-state index in [1.165, 1.54) is 12.1 Å². The van der Waals surface area contributed by atoms with E-state index >= 15 is 0 Å². The molecule has 2 heterocycles. The highest BCUT2D eigenvalue weighted by atomic mass is 19.1. The van der Waals surface area contributed by atoms with E-state index in [2.05, 4.69) is 10.2 Å². The summed E-state index contributed by atoms with van der Waals surface area (Å²) in [6, 6.07) is 6.70. The SMILES string of the molecule is O=C(Cc1ccc(F)cc1)N1CC(N2CCNCC2)C1. The number of hydrogen-bond donors (Lipinski definition) is 1. The second kappa shape index (κ2) is 5.89. The van der Waals surface area contributed by atoms with Crippen LogP contribution in [0.5, 0.6) is 0 Å². The fourth-order valence-electron chi connectivity index (χ4n) is 2.83. The van der Waals surface area contributed by atoms with Crippen LogP contribution in [0.25, 0.3) is 0 Å². The summed E-state index contributed by atoms with van der Waals surface area (Å²) in [6.07, 6.45) is 0.370. The minimum absolute atomic E-state index is 0.142. The largest absolute Gasteiger partial charge is 0.339 e. The minimum atomic E-state index is -0.260. The summed E-state index contributed by atoms with van der Waals surface area (Å²) >= 11 is 0. The number of piperazine rings is 1. The average Bonchev–Trinajstić information content (AvgIpc) is 2.41. The van der Waals surface area contributed by atoms with Gasteiger partial charge in [-0.2, -0.15) is 0 Å². The predicted molar refractivity (Wildman–Crippen MR) is 74.9 cm³/mol. The van der Waals surface area contributed by atoms with Gasteiger partial charge in [0, 0.05) is 45.3 Å². The standard InChI is InChI=1S/C15H20FN3O/c16-13-3-1-12(2-4-13)9-15(20)19-10-14(11-19)18-7-5-17-6-8-18/h1-4,14,17H,5-11H2. The Morgan fingerprint density at radius 3 is 2.50 bits per heavy atom. The number of hydrogen-bond acceptors (Lipinski definition) is 3. The van der Waals surface area contributed by atoms with Gasteiger partial charge in [0.15, 0.2) is 0 Å². The maximum Gasteiger partial charge on any atom is 0.227 e. The van der Waals surface area contributed by atoms with Crippen molar-refractivity contribution in [2.75, 3.05) is 39.3 Å². The second-order valence-corrected chi connectivity index (χ2v) is 5.54. The van der Waals surface area contributed by atoms with Gasteiger partial charge in [0.1, 0.15) is 5.82 Å². The molecule has 0 atom stereocenters. The van der Waals surface area contributed by atoms with E-state index in [1.54, 1.807) is 12.1 Å². The number of nitrogens with one attached hydrogen (secondary N) is 1. The van der Waals surface area contributed by atoms with Gasteiger partial charge in [-0.25, -0.2) is 4.39 Å². The van der Waals surface area contributed by atoms with Crippen molar-refractivity contribution in [1.82, 2.24) is 15.1 Å². The summed E-state index contributed by atoms with van der Waals surface area (Å²) in [7, 11) is 0. The predicted octanol–water partition coefficient (Wildman–Crippen LogP) is 0.484. The van der Waals surface area contributed by atoms with Crippen LogP contribution in [0.15, 0.2) is 24.3 Å². The number of rotatable bonds is 3. The number of benzene rings is 1. The van der Waals surface area contributed by atoms with Gasteiger partial charge >= 0.3 is 0 Å². The smallest absolute Gasteiger partial charge is 0.227 e. The Bertz CT molecular complexity index is 465. The van der Waals surface area contributed by atoms with Crippen LogP contribution in [0.3, 0.4) is 0 Å². The van der Waals surface area contributed by atoms with Crippen molar-refractivity contribution in [3.05, 3.63) is 35.6 Å². The van der Waals surface area contributed by atoms with Crippen LogP contribution in [-0.4, -0.2) is 61.0 Å². The third-order valence-electron chi connectivity index (χ3n) is 4.15. The molecule has 108 valence electrons. The van der Waals surface area contributed by atoms with Gasteiger partial charge in [-0.05, 0) is 17.7 Å². The fraction of sp³-hybridized carbons (Fsp3) is 0.533. The van der Waals surface area contributed by atoms with Gasteiger partial charge in [-0.15, -0.1) is 0 Å². The van der Waals surface area contributed by atoms with E-state index in [0.29, 0.717) is 12.5 Å². The number of likely N-dealkylation sites (tertiary alicyclic amines) is 1. The van der Waals surface area contributed by atoms with Crippen LogP contribution in [-0.2, 0) is 11.2 Å². The molecular formula is C15H20FN3O. The zero-order valence-electron chi connectivity index (χ0n) is 11.5. The van der Waals surface area contributed by atoms with Crippen molar-refractivity contribution in [3.63, 3.8) is 0 Å². The Morgan fingerprint density at radius 1 is 1.20 bits per heavy atom. The van der Waals surface area contributed by atoms with Crippen LogP contribution in [0, 0.1) is 5.82 Å². The van der Waals surface area contributed by atoms with E-state index in [9.17, 15) is 9.18 Å². The molecule has 0 spiro atoms. The maximum atomic E-state index is 12.8. The molecule has 0 saturated carbocycles. The number of carbonyl (C=O) groups is 1. The molecule has 2 aliphatic heterocycles. The first kappa shape index (κ1) is 13.5. The molecule has 2 saturated heterocycles. The molecule has 4 nitrogen and oxygen atoms in total. The molecule has 1 aromatic rings. The Morgan fingerprint density at radius 2 is 1.85 bits per heavy atom. The lowest BCUT2D eigenvalue weighted by atomic mass is 10.0. The molecule has 0 unspecified atom stereocenters. The summed E-state index contributed by atoms with van der Waals surface area (Å²) in [5.41, 5.74) is 0.877. The van der Waals surface area contributed by atoms with E-state index in [-0.39, 0.29) is 11.7 Å². The molecule has 1 aromatic carbocycles. The monoisotopic (exact) mass is 277 g/mol. The summed E-state index contributed by atoms with van der Waals surface area (Å²) < 4.78 is 12.8. The lowest BCUT2D eigenvalue weighted by Crippen LogP contribution is -2.64. The van der Waals surface area contributed by atoms with Crippen molar-refractivity contribution in [2.45, 2.75) is 12.5 Å². The summed E-state index contributed by atoms with van der Waals surface area (Å²) in [5.74, 6) is -0.119. The first-order chi connectivity index (χ1) is 9.72. The number of nitrogens with zero attached hydrogens (tertiary/aromatic N) is 2. The Balaban J connectivity index is 1.47. The molecule has 0 aromatic heterocycles. The third kappa shape index (κ3) is 2.99.